The summed E-state index contributed by atoms with van der Waals surface area (Å²) < 4.78 is 7.43. The summed E-state index contributed by atoms with van der Waals surface area (Å²) in [5, 5.41) is 7.31. The van der Waals surface area contributed by atoms with Crippen LogP contribution in [0.3, 0.4) is 0 Å². The van der Waals surface area contributed by atoms with E-state index in [4.69, 9.17) is 21.4 Å². The Balaban J connectivity index is 1.41. The number of ether oxygens (including phenoxy) is 1. The Morgan fingerprint density at radius 1 is 1.21 bits per heavy atom. The van der Waals surface area contributed by atoms with E-state index in [0.29, 0.717) is 55.2 Å². The summed E-state index contributed by atoms with van der Waals surface area (Å²) in [5.41, 5.74) is 2.77. The van der Waals surface area contributed by atoms with Crippen LogP contribution in [-0.2, 0) is 4.74 Å². The molecule has 2 amide bonds. The van der Waals surface area contributed by atoms with Crippen LogP contribution in [0.1, 0.15) is 28.5 Å². The molecule has 1 atom stereocenters. The summed E-state index contributed by atoms with van der Waals surface area (Å²) in [6, 6.07) is 5.72. The van der Waals surface area contributed by atoms with E-state index in [1.54, 1.807) is 10.9 Å². The number of likely N-dealkylation sites (tertiary alicyclic amines) is 1. The standard InChI is InChI=1S/C21H23ClN6O3S2/c1-25(19-3-2-17(22)33-19)18-10-15(24-28(18)20(29)16-12-32-13-23-16)14-4-5-27(11-14)21(30)26-6-8-31-9-7-26/h2-3,10,12-14H,4-9,11H2,1H3. The number of morpholine rings is 1. The van der Waals surface area contributed by atoms with E-state index >= 15 is 0 Å². The highest BCUT2D eigenvalue weighted by atomic mass is 35.5. The summed E-state index contributed by atoms with van der Waals surface area (Å²) in [6.45, 7) is 3.64. The van der Waals surface area contributed by atoms with Gasteiger partial charge in [0.2, 0.25) is 0 Å². The first-order valence-corrected chi connectivity index (χ1v) is 12.8. The average Bonchev–Trinajstić information content (AvgIpc) is 3.64. The molecular formula is C21H23ClN6O3S2. The average molecular weight is 507 g/mol. The van der Waals surface area contributed by atoms with E-state index < -0.39 is 0 Å². The zero-order chi connectivity index (χ0) is 22.9. The molecule has 5 rings (SSSR count). The van der Waals surface area contributed by atoms with Crippen LogP contribution in [-0.4, -0.2) is 82.9 Å². The number of thiazole rings is 1. The number of carbonyl (C=O) groups excluding carboxylic acids is 2. The van der Waals surface area contributed by atoms with Crippen molar-refractivity contribution in [3.05, 3.63) is 44.8 Å². The van der Waals surface area contributed by atoms with Crippen LogP contribution >= 0.6 is 34.3 Å². The highest BCUT2D eigenvalue weighted by molar-refractivity contribution is 7.20. The first kappa shape index (κ1) is 22.3. The van der Waals surface area contributed by atoms with Crippen molar-refractivity contribution in [1.29, 1.82) is 0 Å². The van der Waals surface area contributed by atoms with E-state index in [1.165, 1.54) is 27.4 Å². The Kier molecular flexibility index (Phi) is 6.37. The van der Waals surface area contributed by atoms with E-state index in [1.807, 2.05) is 39.9 Å². The predicted octanol–water partition coefficient (Wildman–Crippen LogP) is 3.75. The van der Waals surface area contributed by atoms with Crippen LogP contribution in [0, 0.1) is 0 Å². The van der Waals surface area contributed by atoms with Gasteiger partial charge in [0.15, 0.2) is 0 Å². The normalized spacial score (nSPS) is 18.7. The first-order chi connectivity index (χ1) is 16.0. The SMILES string of the molecule is CN(c1ccc(Cl)s1)c1cc(C2CCN(C(=O)N3CCOCC3)C2)nn1C(=O)c1cscn1. The second kappa shape index (κ2) is 9.41. The molecule has 1 unspecified atom stereocenters. The fourth-order valence-corrected chi connectivity index (χ4v) is 5.66. The van der Waals surface area contributed by atoms with Crippen molar-refractivity contribution < 1.29 is 14.3 Å². The van der Waals surface area contributed by atoms with Gasteiger partial charge in [0.1, 0.15) is 11.5 Å². The topological polar surface area (TPSA) is 83.8 Å². The predicted molar refractivity (Wildman–Crippen MR) is 128 cm³/mol. The fourth-order valence-electron chi connectivity index (χ4n) is 4.13. The summed E-state index contributed by atoms with van der Waals surface area (Å²) in [6.07, 6.45) is 0.798. The van der Waals surface area contributed by atoms with Gasteiger partial charge in [0.25, 0.3) is 5.91 Å². The minimum atomic E-state index is -0.286. The van der Waals surface area contributed by atoms with Crippen molar-refractivity contribution in [3.8, 4) is 0 Å². The van der Waals surface area contributed by atoms with Gasteiger partial charge >= 0.3 is 6.03 Å². The van der Waals surface area contributed by atoms with E-state index in [9.17, 15) is 9.59 Å². The number of halogens is 1. The van der Waals surface area contributed by atoms with Crippen molar-refractivity contribution in [1.82, 2.24) is 24.6 Å². The number of anilines is 2. The van der Waals surface area contributed by atoms with Crippen molar-refractivity contribution in [2.75, 3.05) is 51.3 Å². The van der Waals surface area contributed by atoms with Crippen molar-refractivity contribution in [2.24, 2.45) is 0 Å². The Morgan fingerprint density at radius 2 is 2.03 bits per heavy atom. The second-order valence-corrected chi connectivity index (χ2v) is 10.4. The molecule has 0 radical (unpaired) electrons. The minimum Gasteiger partial charge on any atom is -0.378 e. The number of aromatic nitrogens is 3. The third-order valence-corrected chi connectivity index (χ3v) is 7.84. The zero-order valence-electron chi connectivity index (χ0n) is 18.0. The van der Waals surface area contributed by atoms with Crippen molar-refractivity contribution >= 4 is 57.0 Å². The molecule has 3 aromatic rings. The van der Waals surface area contributed by atoms with Crippen LogP contribution in [0.25, 0.3) is 0 Å². The number of nitrogens with zero attached hydrogens (tertiary/aromatic N) is 6. The smallest absolute Gasteiger partial charge is 0.320 e. The van der Waals surface area contributed by atoms with Gasteiger partial charge < -0.3 is 19.4 Å². The van der Waals surface area contributed by atoms with Gasteiger partial charge in [-0.15, -0.1) is 22.7 Å². The van der Waals surface area contributed by atoms with E-state index in [-0.39, 0.29) is 17.9 Å². The molecule has 0 aromatic carbocycles. The minimum absolute atomic E-state index is 0.0457. The molecule has 5 heterocycles. The molecule has 2 aliphatic rings. The molecule has 12 heteroatoms. The van der Waals surface area contributed by atoms with Crippen LogP contribution in [0.15, 0.2) is 29.1 Å². The molecule has 2 fully saturated rings. The lowest BCUT2D eigenvalue weighted by Gasteiger charge is -2.30. The lowest BCUT2D eigenvalue weighted by molar-refractivity contribution is 0.0450. The molecule has 2 saturated heterocycles. The molecule has 0 spiro atoms. The molecular weight excluding hydrogens is 484 g/mol. The Hall–Kier alpha value is -2.47. The highest BCUT2D eigenvalue weighted by Crippen LogP contribution is 2.36. The van der Waals surface area contributed by atoms with E-state index in [0.717, 1.165) is 17.1 Å². The monoisotopic (exact) mass is 506 g/mol. The number of hydrogen-bond donors (Lipinski definition) is 0. The lowest BCUT2D eigenvalue weighted by atomic mass is 10.1. The quantitative estimate of drug-likeness (QED) is 0.536. The maximum atomic E-state index is 13.2. The Morgan fingerprint density at radius 3 is 2.73 bits per heavy atom. The van der Waals surface area contributed by atoms with Crippen LogP contribution < -0.4 is 4.90 Å². The lowest BCUT2D eigenvalue weighted by Crippen LogP contribution is -2.47. The molecule has 2 aliphatic heterocycles. The van der Waals surface area contributed by atoms with Crippen molar-refractivity contribution in [2.45, 2.75) is 12.3 Å². The van der Waals surface area contributed by atoms with E-state index in [2.05, 4.69) is 4.98 Å². The maximum absolute atomic E-state index is 13.2. The number of thiophene rings is 1. The van der Waals surface area contributed by atoms with Gasteiger partial charge in [0.05, 0.1) is 33.8 Å². The molecule has 33 heavy (non-hydrogen) atoms. The van der Waals surface area contributed by atoms with Gasteiger partial charge in [-0.3, -0.25) is 4.79 Å². The Bertz CT molecular complexity index is 1140. The van der Waals surface area contributed by atoms with Gasteiger partial charge in [-0.2, -0.15) is 9.78 Å². The molecule has 0 aliphatic carbocycles. The zero-order valence-corrected chi connectivity index (χ0v) is 20.4. The summed E-state index contributed by atoms with van der Waals surface area (Å²) in [5.74, 6) is 0.407. The summed E-state index contributed by atoms with van der Waals surface area (Å²) in [4.78, 5) is 35.9. The summed E-state index contributed by atoms with van der Waals surface area (Å²) >= 11 is 8.93. The molecule has 174 valence electrons. The van der Waals surface area contributed by atoms with Gasteiger partial charge in [0, 0.05) is 50.6 Å². The van der Waals surface area contributed by atoms with Crippen LogP contribution in [0.5, 0.6) is 0 Å². The van der Waals surface area contributed by atoms with Gasteiger partial charge in [-0.1, -0.05) is 11.6 Å². The highest BCUT2D eigenvalue weighted by Gasteiger charge is 2.33. The molecule has 0 bridgehead atoms. The van der Waals surface area contributed by atoms with Crippen molar-refractivity contribution in [3.63, 3.8) is 0 Å². The molecule has 9 nitrogen and oxygen atoms in total. The third-order valence-electron chi connectivity index (χ3n) is 5.95. The maximum Gasteiger partial charge on any atom is 0.320 e. The van der Waals surface area contributed by atoms with Gasteiger partial charge in [-0.25, -0.2) is 9.78 Å². The second-order valence-electron chi connectivity index (χ2n) is 7.97. The molecule has 0 N–H and O–H groups in total. The largest absolute Gasteiger partial charge is 0.378 e. The first-order valence-electron chi connectivity index (χ1n) is 10.6. The fraction of sp³-hybridized carbons (Fsp3) is 0.429. The van der Waals surface area contributed by atoms with Gasteiger partial charge in [-0.05, 0) is 18.6 Å². The third kappa shape index (κ3) is 4.50. The number of amides is 2. The number of urea groups is 1. The van der Waals surface area contributed by atoms with Crippen LogP contribution in [0.4, 0.5) is 15.6 Å². The molecule has 3 aromatic heterocycles. The number of rotatable bonds is 4. The number of hydrogen-bond acceptors (Lipinski definition) is 8. The Labute approximate surface area is 204 Å². The summed E-state index contributed by atoms with van der Waals surface area (Å²) in [7, 11) is 1.89. The molecule has 0 saturated carbocycles. The van der Waals surface area contributed by atoms with Crippen LogP contribution in [0.2, 0.25) is 4.34 Å². The number of carbonyl (C=O) groups is 2.